The molecule has 2 bridgehead atoms. The standard InChI is InChI=1S/C41H43F3N6O4/c1-6-25-27(43)14-12-22-10-8-11-26(30(22)25)33-32(44)34-31-36(47-38(46-34)52-21-41-16-9-17-48(41)19-23(42)18-41)49-20-24-13-15-28(50(24)39(51)54-40(3,4)5)35(49)29(7-2)53-37(31)45-33/h1,8,10-12,14,23-24,28-29,35H,7,9,13,15-21H2,2-5H3/t23-,24-,28+,29+,35+,41+/m1/s1. The fraction of sp³-hybridized carbons (Fsp3) is 0.512. The van der Waals surface area contributed by atoms with Gasteiger partial charge in [-0.3, -0.25) is 9.80 Å². The number of ether oxygens (including phenoxy) is 3. The average molecular weight is 741 g/mol. The number of amides is 1. The maximum Gasteiger partial charge on any atom is 0.410 e. The maximum absolute atomic E-state index is 17.4. The van der Waals surface area contributed by atoms with E-state index in [9.17, 15) is 9.18 Å². The molecule has 13 heteroatoms. The molecule has 282 valence electrons. The molecule has 4 saturated heterocycles. The number of aromatic nitrogens is 3. The highest BCUT2D eigenvalue weighted by Gasteiger charge is 2.55. The molecule has 10 nitrogen and oxygen atoms in total. The van der Waals surface area contributed by atoms with Crippen molar-refractivity contribution in [3.05, 3.63) is 47.5 Å². The molecule has 6 atom stereocenters. The number of hydrogen-bond acceptors (Lipinski definition) is 9. The minimum Gasteiger partial charge on any atom is -0.471 e. The van der Waals surface area contributed by atoms with Crippen LogP contribution < -0.4 is 14.4 Å². The van der Waals surface area contributed by atoms with Crippen LogP contribution in [-0.4, -0.2) is 98.6 Å². The molecule has 0 spiro atoms. The zero-order chi connectivity index (χ0) is 37.7. The summed E-state index contributed by atoms with van der Waals surface area (Å²) in [5.74, 6) is 1.59. The van der Waals surface area contributed by atoms with E-state index in [2.05, 4.69) is 15.7 Å². The van der Waals surface area contributed by atoms with Crippen molar-refractivity contribution in [2.75, 3.05) is 31.1 Å². The number of anilines is 1. The first-order valence-electron chi connectivity index (χ1n) is 19.0. The summed E-state index contributed by atoms with van der Waals surface area (Å²) in [6.07, 6.45) is 8.03. The SMILES string of the molecule is C#Cc1c(F)ccc2cccc(-c3nc4c5c(nc(OC[C@@]67CCCN6C[C@H](F)C7)nc5c3F)N3C[C@H]5CC[C@@H]([C@H]3[C@H](CC)O4)N5C(=O)OC(C)(C)C)c12. The largest absolute Gasteiger partial charge is 0.471 e. The first-order valence-corrected chi connectivity index (χ1v) is 19.0. The van der Waals surface area contributed by atoms with Gasteiger partial charge in [-0.25, -0.2) is 22.9 Å². The third kappa shape index (κ3) is 5.42. The lowest BCUT2D eigenvalue weighted by Crippen LogP contribution is -2.65. The van der Waals surface area contributed by atoms with Gasteiger partial charge in [0.1, 0.15) is 52.7 Å². The van der Waals surface area contributed by atoms with Crippen LogP contribution in [-0.2, 0) is 4.74 Å². The number of carbonyl (C=O) groups is 1. The van der Waals surface area contributed by atoms with Gasteiger partial charge in [0.05, 0.1) is 29.2 Å². The van der Waals surface area contributed by atoms with E-state index in [1.807, 2.05) is 32.6 Å². The Balaban J connectivity index is 1.23. The molecule has 4 fully saturated rings. The quantitative estimate of drug-likeness (QED) is 0.197. The van der Waals surface area contributed by atoms with Crippen LogP contribution in [0.4, 0.5) is 23.8 Å². The summed E-state index contributed by atoms with van der Waals surface area (Å²) < 4.78 is 66.4. The highest BCUT2D eigenvalue weighted by Crippen LogP contribution is 2.48. The van der Waals surface area contributed by atoms with Crippen molar-refractivity contribution in [3.63, 3.8) is 0 Å². The third-order valence-corrected chi connectivity index (χ3v) is 12.0. The van der Waals surface area contributed by atoms with E-state index in [-0.39, 0.29) is 64.4 Å². The molecule has 54 heavy (non-hydrogen) atoms. The third-order valence-electron chi connectivity index (χ3n) is 12.0. The van der Waals surface area contributed by atoms with E-state index >= 15 is 8.78 Å². The summed E-state index contributed by atoms with van der Waals surface area (Å²) in [5.41, 5.74) is -1.07. The van der Waals surface area contributed by atoms with Gasteiger partial charge in [0.15, 0.2) is 5.82 Å². The predicted octanol–water partition coefficient (Wildman–Crippen LogP) is 7.19. The van der Waals surface area contributed by atoms with E-state index in [0.717, 1.165) is 25.8 Å². The van der Waals surface area contributed by atoms with Crippen LogP contribution in [0.3, 0.4) is 0 Å². The zero-order valence-electron chi connectivity index (χ0n) is 30.9. The van der Waals surface area contributed by atoms with Gasteiger partial charge in [-0.1, -0.05) is 37.1 Å². The molecule has 7 heterocycles. The number of hydrogen-bond donors (Lipinski definition) is 0. The van der Waals surface area contributed by atoms with Crippen LogP contribution in [0.2, 0.25) is 0 Å². The molecular weight excluding hydrogens is 697 g/mol. The van der Waals surface area contributed by atoms with Crippen LogP contribution >= 0.6 is 0 Å². The Hall–Kier alpha value is -4.83. The Morgan fingerprint density at radius 2 is 1.94 bits per heavy atom. The van der Waals surface area contributed by atoms with Crippen molar-refractivity contribution in [1.29, 1.82) is 0 Å². The molecule has 0 aliphatic carbocycles. The average Bonchev–Trinajstić information content (AvgIpc) is 3.74. The van der Waals surface area contributed by atoms with Gasteiger partial charge in [-0.2, -0.15) is 9.97 Å². The fourth-order valence-corrected chi connectivity index (χ4v) is 9.78. The number of piperazine rings is 1. The molecule has 0 saturated carbocycles. The molecule has 5 aliphatic rings. The summed E-state index contributed by atoms with van der Waals surface area (Å²) in [5, 5.41) is 1.24. The van der Waals surface area contributed by atoms with Crippen molar-refractivity contribution in [2.24, 2.45) is 0 Å². The Morgan fingerprint density at radius 3 is 2.72 bits per heavy atom. The minimum atomic E-state index is -0.955. The Bertz CT molecular complexity index is 2240. The van der Waals surface area contributed by atoms with Gasteiger partial charge >= 0.3 is 12.1 Å². The molecular formula is C41H43F3N6O4. The van der Waals surface area contributed by atoms with Crippen molar-refractivity contribution in [1.82, 2.24) is 24.8 Å². The van der Waals surface area contributed by atoms with E-state index in [0.29, 0.717) is 48.9 Å². The fourth-order valence-electron chi connectivity index (χ4n) is 9.78. The van der Waals surface area contributed by atoms with Crippen molar-refractivity contribution < 1.29 is 32.2 Å². The smallest absolute Gasteiger partial charge is 0.410 e. The van der Waals surface area contributed by atoms with Crippen LogP contribution in [0.15, 0.2) is 30.3 Å². The molecule has 9 rings (SSSR count). The van der Waals surface area contributed by atoms with Crippen LogP contribution in [0.1, 0.15) is 71.8 Å². The van der Waals surface area contributed by atoms with Gasteiger partial charge in [-0.15, -0.1) is 6.42 Å². The predicted molar refractivity (Wildman–Crippen MR) is 197 cm³/mol. The van der Waals surface area contributed by atoms with Gasteiger partial charge < -0.3 is 19.1 Å². The number of fused-ring (bicyclic) bond motifs is 7. The Morgan fingerprint density at radius 1 is 1.11 bits per heavy atom. The van der Waals surface area contributed by atoms with Gasteiger partial charge in [0, 0.05) is 30.5 Å². The number of terminal acetylenes is 1. The van der Waals surface area contributed by atoms with Gasteiger partial charge in [-0.05, 0) is 70.9 Å². The second-order valence-corrected chi connectivity index (χ2v) is 16.4. The summed E-state index contributed by atoms with van der Waals surface area (Å²) in [6, 6.07) is 7.15. The number of nitrogens with zero attached hydrogens (tertiary/aromatic N) is 6. The van der Waals surface area contributed by atoms with Crippen molar-refractivity contribution in [2.45, 2.75) is 108 Å². The number of benzene rings is 2. The van der Waals surface area contributed by atoms with E-state index in [4.69, 9.17) is 35.6 Å². The van der Waals surface area contributed by atoms with Crippen LogP contribution in [0, 0.1) is 24.0 Å². The molecule has 5 aliphatic heterocycles. The second-order valence-electron chi connectivity index (χ2n) is 16.4. The lowest BCUT2D eigenvalue weighted by molar-refractivity contribution is -0.000589. The molecule has 4 aromatic rings. The summed E-state index contributed by atoms with van der Waals surface area (Å²) in [7, 11) is 0. The lowest BCUT2D eigenvalue weighted by atomic mass is 9.95. The van der Waals surface area contributed by atoms with E-state index in [1.54, 1.807) is 24.3 Å². The number of rotatable bonds is 5. The molecule has 0 N–H and O–H groups in total. The summed E-state index contributed by atoms with van der Waals surface area (Å²) in [6.45, 7) is 9.22. The number of halogens is 3. The monoisotopic (exact) mass is 740 g/mol. The molecule has 0 radical (unpaired) electrons. The topological polar surface area (TPSA) is 93.2 Å². The summed E-state index contributed by atoms with van der Waals surface area (Å²) >= 11 is 0. The second kappa shape index (κ2) is 12.6. The summed E-state index contributed by atoms with van der Waals surface area (Å²) in [4.78, 5) is 34.3. The number of alkyl halides is 1. The maximum atomic E-state index is 17.4. The van der Waals surface area contributed by atoms with Crippen molar-refractivity contribution in [3.8, 4) is 35.5 Å². The minimum absolute atomic E-state index is 0.00601. The van der Waals surface area contributed by atoms with Gasteiger partial charge in [0.2, 0.25) is 5.88 Å². The normalized spacial score (nSPS) is 27.4. The number of carbonyl (C=O) groups excluding carboxylic acids is 1. The van der Waals surface area contributed by atoms with E-state index < -0.39 is 41.1 Å². The highest BCUT2D eigenvalue weighted by atomic mass is 19.1. The van der Waals surface area contributed by atoms with Crippen LogP contribution in [0.25, 0.3) is 32.9 Å². The molecule has 2 aromatic carbocycles. The van der Waals surface area contributed by atoms with Crippen LogP contribution in [0.5, 0.6) is 11.9 Å². The van der Waals surface area contributed by atoms with Crippen molar-refractivity contribution >= 4 is 33.6 Å². The first-order chi connectivity index (χ1) is 25.9. The Kier molecular flexibility index (Phi) is 8.16. The molecule has 0 unspecified atom stereocenters. The molecule has 1 amide bonds. The molecule has 2 aromatic heterocycles. The van der Waals surface area contributed by atoms with Gasteiger partial charge in [0.25, 0.3) is 0 Å². The lowest BCUT2D eigenvalue weighted by Gasteiger charge is -2.48. The van der Waals surface area contributed by atoms with E-state index in [1.165, 1.54) is 6.07 Å². The first kappa shape index (κ1) is 34.9. The number of pyridine rings is 1. The zero-order valence-corrected chi connectivity index (χ0v) is 30.9. The highest BCUT2D eigenvalue weighted by molar-refractivity contribution is 6.03. The Labute approximate surface area is 312 Å².